The van der Waals surface area contributed by atoms with Gasteiger partial charge < -0.3 is 15.1 Å². The lowest BCUT2D eigenvalue weighted by molar-refractivity contribution is -0.127. The zero-order valence-electron chi connectivity index (χ0n) is 14.1. The van der Waals surface area contributed by atoms with Gasteiger partial charge in [0.2, 0.25) is 5.91 Å². The zero-order chi connectivity index (χ0) is 16.0. The van der Waals surface area contributed by atoms with Crippen LogP contribution in [0.4, 0.5) is 5.82 Å². The molecule has 0 fully saturated rings. The topological polar surface area (TPSA) is 48.5 Å². The second-order valence-electron chi connectivity index (χ2n) is 6.39. The number of nitrogens with one attached hydrogen (secondary N) is 1. The van der Waals surface area contributed by atoms with Gasteiger partial charge >= 0.3 is 0 Å². The van der Waals surface area contributed by atoms with Crippen molar-refractivity contribution >= 4 is 11.7 Å². The molecule has 0 aliphatic heterocycles. The van der Waals surface area contributed by atoms with Crippen molar-refractivity contribution in [3.05, 3.63) is 23.9 Å². The van der Waals surface area contributed by atoms with Crippen molar-refractivity contribution in [1.82, 2.24) is 15.2 Å². The number of carbonyl (C=O) groups excluding carboxylic acids is 1. The van der Waals surface area contributed by atoms with Crippen LogP contribution in [0, 0.1) is 0 Å². The molecule has 0 bridgehead atoms. The highest BCUT2D eigenvalue weighted by Crippen LogP contribution is 2.18. The van der Waals surface area contributed by atoms with E-state index in [1.165, 1.54) is 0 Å². The van der Waals surface area contributed by atoms with Gasteiger partial charge in [-0.05, 0) is 33.8 Å². The van der Waals surface area contributed by atoms with Crippen molar-refractivity contribution in [3.63, 3.8) is 0 Å². The number of hydrogen-bond acceptors (Lipinski definition) is 4. The Morgan fingerprint density at radius 3 is 2.52 bits per heavy atom. The smallest absolute Gasteiger partial charge is 0.241 e. The summed E-state index contributed by atoms with van der Waals surface area (Å²) in [6.45, 7) is 10.3. The maximum absolute atomic E-state index is 12.0. The molecule has 118 valence electrons. The molecule has 0 spiro atoms. The van der Waals surface area contributed by atoms with Crippen LogP contribution >= 0.6 is 0 Å². The fourth-order valence-corrected chi connectivity index (χ4v) is 1.85. The van der Waals surface area contributed by atoms with E-state index in [9.17, 15) is 4.79 Å². The molecule has 0 aliphatic rings. The molecule has 1 aromatic rings. The summed E-state index contributed by atoms with van der Waals surface area (Å²) in [6.07, 6.45) is 1.78. The molecule has 21 heavy (non-hydrogen) atoms. The maximum Gasteiger partial charge on any atom is 0.241 e. The van der Waals surface area contributed by atoms with E-state index in [-0.39, 0.29) is 11.4 Å². The summed E-state index contributed by atoms with van der Waals surface area (Å²) in [6, 6.07) is 3.99. The first kappa shape index (κ1) is 17.4. The Kier molecular flexibility index (Phi) is 6.15. The highest BCUT2D eigenvalue weighted by atomic mass is 16.2. The molecule has 0 aromatic carbocycles. The molecule has 0 saturated heterocycles. The summed E-state index contributed by atoms with van der Waals surface area (Å²) in [7, 11) is 3.55. The van der Waals surface area contributed by atoms with E-state index in [0.717, 1.165) is 24.5 Å². The van der Waals surface area contributed by atoms with Gasteiger partial charge in [-0.15, -0.1) is 0 Å². The van der Waals surface area contributed by atoms with Crippen molar-refractivity contribution in [2.75, 3.05) is 32.1 Å². The molecule has 1 aromatic heterocycles. The number of likely N-dealkylation sites (N-methyl/N-ethyl adjacent to an activating group) is 2. The van der Waals surface area contributed by atoms with Crippen molar-refractivity contribution < 1.29 is 4.79 Å². The number of nitrogens with zero attached hydrogens (tertiary/aromatic N) is 3. The Morgan fingerprint density at radius 2 is 2.00 bits per heavy atom. The lowest BCUT2D eigenvalue weighted by atomic mass is 10.1. The number of anilines is 1. The van der Waals surface area contributed by atoms with Crippen LogP contribution in [0.5, 0.6) is 0 Å². The van der Waals surface area contributed by atoms with Crippen LogP contribution in [0.25, 0.3) is 0 Å². The van der Waals surface area contributed by atoms with Crippen LogP contribution < -0.4 is 10.2 Å². The second-order valence-corrected chi connectivity index (χ2v) is 6.39. The van der Waals surface area contributed by atoms with Crippen molar-refractivity contribution in [1.29, 1.82) is 0 Å². The Morgan fingerprint density at radius 1 is 1.33 bits per heavy atom. The van der Waals surface area contributed by atoms with Gasteiger partial charge in [0.1, 0.15) is 5.82 Å². The van der Waals surface area contributed by atoms with Crippen molar-refractivity contribution in [2.24, 2.45) is 0 Å². The van der Waals surface area contributed by atoms with E-state index in [1.807, 2.05) is 17.9 Å². The van der Waals surface area contributed by atoms with E-state index in [2.05, 4.69) is 37.1 Å². The first-order valence-corrected chi connectivity index (χ1v) is 7.38. The van der Waals surface area contributed by atoms with E-state index in [4.69, 9.17) is 0 Å². The summed E-state index contributed by atoms with van der Waals surface area (Å²) in [4.78, 5) is 20.1. The molecular formula is C16H28N4O. The largest absolute Gasteiger partial charge is 0.347 e. The minimum Gasteiger partial charge on any atom is -0.347 e. The van der Waals surface area contributed by atoms with Gasteiger partial charge in [0.15, 0.2) is 0 Å². The van der Waals surface area contributed by atoms with Gasteiger partial charge in [-0.3, -0.25) is 4.79 Å². The maximum atomic E-state index is 12.0. The SMILES string of the molecule is CCN(CC(=O)N(C)C)c1ncccc1CNC(C)(C)C. The van der Waals surface area contributed by atoms with E-state index in [1.54, 1.807) is 25.2 Å². The Labute approximate surface area is 128 Å². The van der Waals surface area contributed by atoms with E-state index < -0.39 is 0 Å². The van der Waals surface area contributed by atoms with Gasteiger partial charge in [-0.2, -0.15) is 0 Å². The fraction of sp³-hybridized carbons (Fsp3) is 0.625. The normalized spacial score (nSPS) is 11.3. The quantitative estimate of drug-likeness (QED) is 0.870. The van der Waals surface area contributed by atoms with Gasteiger partial charge in [0, 0.05) is 44.5 Å². The van der Waals surface area contributed by atoms with E-state index >= 15 is 0 Å². The van der Waals surface area contributed by atoms with Gasteiger partial charge in [-0.25, -0.2) is 4.98 Å². The third-order valence-corrected chi connectivity index (χ3v) is 3.18. The Balaban J connectivity index is 2.91. The third-order valence-electron chi connectivity index (χ3n) is 3.18. The third kappa shape index (κ3) is 5.71. The van der Waals surface area contributed by atoms with Gasteiger partial charge in [0.05, 0.1) is 6.54 Å². The summed E-state index contributed by atoms with van der Waals surface area (Å²) in [5.41, 5.74) is 1.16. The number of pyridine rings is 1. The van der Waals surface area contributed by atoms with Crippen molar-refractivity contribution in [2.45, 2.75) is 39.8 Å². The first-order valence-electron chi connectivity index (χ1n) is 7.38. The predicted molar refractivity (Wildman–Crippen MR) is 87.4 cm³/mol. The molecule has 0 aliphatic carbocycles. The minimum absolute atomic E-state index is 0.0452. The number of hydrogen-bond donors (Lipinski definition) is 1. The second kappa shape index (κ2) is 7.41. The van der Waals surface area contributed by atoms with Gasteiger partial charge in [-0.1, -0.05) is 6.07 Å². The molecule has 1 amide bonds. The molecule has 1 rings (SSSR count). The van der Waals surface area contributed by atoms with E-state index in [0.29, 0.717) is 6.54 Å². The Bertz CT molecular complexity index is 466. The molecule has 0 unspecified atom stereocenters. The molecule has 1 N–H and O–H groups in total. The molecule has 5 nitrogen and oxygen atoms in total. The monoisotopic (exact) mass is 292 g/mol. The lowest BCUT2D eigenvalue weighted by Crippen LogP contribution is -2.39. The summed E-state index contributed by atoms with van der Waals surface area (Å²) in [5, 5.41) is 3.47. The molecule has 5 heteroatoms. The molecular weight excluding hydrogens is 264 g/mol. The van der Waals surface area contributed by atoms with Crippen LogP contribution in [-0.2, 0) is 11.3 Å². The highest BCUT2D eigenvalue weighted by Gasteiger charge is 2.17. The van der Waals surface area contributed by atoms with Crippen molar-refractivity contribution in [3.8, 4) is 0 Å². The fourth-order valence-electron chi connectivity index (χ4n) is 1.85. The molecule has 0 saturated carbocycles. The van der Waals surface area contributed by atoms with Crippen LogP contribution in [-0.4, -0.2) is 48.5 Å². The summed E-state index contributed by atoms with van der Waals surface area (Å²) in [5.74, 6) is 0.962. The number of carbonyl (C=O) groups is 1. The molecule has 0 radical (unpaired) electrons. The van der Waals surface area contributed by atoms with Crippen LogP contribution in [0.1, 0.15) is 33.3 Å². The predicted octanol–water partition coefficient (Wildman–Crippen LogP) is 1.88. The average Bonchev–Trinajstić information content (AvgIpc) is 2.41. The molecule has 0 atom stereocenters. The summed E-state index contributed by atoms with van der Waals surface area (Å²) < 4.78 is 0. The lowest BCUT2D eigenvalue weighted by Gasteiger charge is -2.27. The van der Waals surface area contributed by atoms with Crippen LogP contribution in [0.15, 0.2) is 18.3 Å². The number of rotatable bonds is 6. The standard InChI is InChI=1S/C16H28N4O/c1-7-20(12-14(21)19(5)6)15-13(9-8-10-17-15)11-18-16(2,3)4/h8-10,18H,7,11-12H2,1-6H3. The molecule has 1 heterocycles. The van der Waals surface area contributed by atoms with Crippen LogP contribution in [0.3, 0.4) is 0 Å². The average molecular weight is 292 g/mol. The van der Waals surface area contributed by atoms with Crippen LogP contribution in [0.2, 0.25) is 0 Å². The zero-order valence-corrected chi connectivity index (χ0v) is 14.1. The van der Waals surface area contributed by atoms with Gasteiger partial charge in [0.25, 0.3) is 0 Å². The number of aromatic nitrogens is 1. The number of amides is 1. The summed E-state index contributed by atoms with van der Waals surface area (Å²) >= 11 is 0. The highest BCUT2D eigenvalue weighted by molar-refractivity contribution is 5.80. The Hall–Kier alpha value is -1.62. The first-order chi connectivity index (χ1) is 9.74. The minimum atomic E-state index is 0.0452.